The molecule has 0 unspecified atom stereocenters. The summed E-state index contributed by atoms with van der Waals surface area (Å²) >= 11 is 8.35. The average Bonchev–Trinajstić information content (AvgIpc) is 2.41. The van der Waals surface area contributed by atoms with E-state index < -0.39 is 0 Å². The lowest BCUT2D eigenvalue weighted by Gasteiger charge is -2.10. The Bertz CT molecular complexity index is 452. The van der Waals surface area contributed by atoms with Gasteiger partial charge in [-0.3, -0.25) is 4.79 Å². The van der Waals surface area contributed by atoms with Gasteiger partial charge in [0.1, 0.15) is 0 Å². The number of aryl methyl sites for hydroxylation is 1. The van der Waals surface area contributed by atoms with Gasteiger partial charge in [0.25, 0.3) is 0 Å². The molecule has 0 aliphatic heterocycles. The van der Waals surface area contributed by atoms with Gasteiger partial charge in [-0.2, -0.15) is 25.3 Å². The van der Waals surface area contributed by atoms with E-state index in [9.17, 15) is 4.79 Å². The van der Waals surface area contributed by atoms with Crippen LogP contribution in [0.15, 0.2) is 24.8 Å². The molecule has 0 aromatic heterocycles. The number of carbonyl (C=O) groups is 1. The van der Waals surface area contributed by atoms with E-state index in [2.05, 4.69) is 37.9 Å². The van der Waals surface area contributed by atoms with Gasteiger partial charge in [0, 0.05) is 12.0 Å². The van der Waals surface area contributed by atoms with Gasteiger partial charge < -0.3 is 0 Å². The van der Waals surface area contributed by atoms with Crippen LogP contribution in [0.5, 0.6) is 0 Å². The van der Waals surface area contributed by atoms with Crippen molar-refractivity contribution in [2.75, 3.05) is 11.5 Å². The lowest BCUT2D eigenvalue weighted by molar-refractivity contribution is 0.0981. The van der Waals surface area contributed by atoms with E-state index in [1.165, 1.54) is 0 Å². The van der Waals surface area contributed by atoms with Crippen LogP contribution in [0.4, 0.5) is 0 Å². The number of hydrogen-bond acceptors (Lipinski definition) is 3. The summed E-state index contributed by atoms with van der Waals surface area (Å²) in [6, 6.07) is 5.99. The van der Waals surface area contributed by atoms with E-state index in [0.717, 1.165) is 53.0 Å². The van der Waals surface area contributed by atoms with Crippen molar-refractivity contribution in [1.29, 1.82) is 0 Å². The summed E-state index contributed by atoms with van der Waals surface area (Å²) in [5.74, 6) is 1.83. The van der Waals surface area contributed by atoms with Gasteiger partial charge in [0.2, 0.25) is 0 Å². The Kier molecular flexibility index (Phi) is 7.32. The first-order chi connectivity index (χ1) is 9.10. The topological polar surface area (TPSA) is 17.1 Å². The van der Waals surface area contributed by atoms with Gasteiger partial charge in [-0.1, -0.05) is 24.8 Å². The highest BCUT2D eigenvalue weighted by molar-refractivity contribution is 7.80. The highest BCUT2D eigenvalue weighted by Gasteiger charge is 2.10. The molecule has 0 saturated heterocycles. The summed E-state index contributed by atoms with van der Waals surface area (Å²) in [6.45, 7) is 6.09. The van der Waals surface area contributed by atoms with Crippen LogP contribution in [0.25, 0.3) is 5.57 Å². The van der Waals surface area contributed by atoms with E-state index >= 15 is 0 Å². The molecule has 0 bridgehead atoms. The number of hydrogen-bond donors (Lipinski definition) is 2. The Balaban J connectivity index is 2.79. The zero-order valence-electron chi connectivity index (χ0n) is 11.5. The number of Topliss-reactive ketones (excluding diaryl/α,β-unsaturated/α-hetero) is 1. The van der Waals surface area contributed by atoms with Crippen molar-refractivity contribution in [3.8, 4) is 0 Å². The van der Waals surface area contributed by atoms with Crippen LogP contribution < -0.4 is 0 Å². The van der Waals surface area contributed by atoms with Crippen LogP contribution >= 0.6 is 25.3 Å². The van der Waals surface area contributed by atoms with Gasteiger partial charge >= 0.3 is 0 Å². The van der Waals surface area contributed by atoms with Crippen LogP contribution in [0.1, 0.15) is 47.2 Å². The second-order valence-electron chi connectivity index (χ2n) is 4.71. The molecule has 0 spiro atoms. The molecule has 0 atom stereocenters. The molecule has 0 saturated carbocycles. The van der Waals surface area contributed by atoms with Gasteiger partial charge in [0.05, 0.1) is 0 Å². The standard InChI is InChI=1S/C16H22OS2/c1-12(5-3-9-18)14-7-8-15(13(2)11-14)16(17)6-4-10-19/h7-8,11,18-19H,1,3-6,9-10H2,2H3. The third kappa shape index (κ3) is 5.07. The largest absolute Gasteiger partial charge is 0.294 e. The maximum Gasteiger partial charge on any atom is 0.163 e. The fourth-order valence-electron chi connectivity index (χ4n) is 2.01. The summed E-state index contributed by atoms with van der Waals surface area (Å²) < 4.78 is 0. The molecule has 0 aliphatic carbocycles. The van der Waals surface area contributed by atoms with Crippen molar-refractivity contribution in [2.24, 2.45) is 0 Å². The first kappa shape index (κ1) is 16.4. The molecule has 0 amide bonds. The normalized spacial score (nSPS) is 10.5. The Hall–Kier alpha value is -0.670. The SMILES string of the molecule is C=C(CCCS)c1ccc(C(=O)CCCS)c(C)c1. The van der Waals surface area contributed by atoms with Gasteiger partial charge in [-0.05, 0) is 54.4 Å². The van der Waals surface area contributed by atoms with Crippen molar-refractivity contribution in [3.63, 3.8) is 0 Å². The molecule has 1 aromatic carbocycles. The van der Waals surface area contributed by atoms with Crippen LogP contribution in [-0.4, -0.2) is 17.3 Å². The minimum atomic E-state index is 0.207. The molecular formula is C16H22OS2. The summed E-state index contributed by atoms with van der Waals surface area (Å²) in [5.41, 5.74) is 4.11. The van der Waals surface area contributed by atoms with Crippen molar-refractivity contribution in [2.45, 2.75) is 32.6 Å². The van der Waals surface area contributed by atoms with E-state index in [-0.39, 0.29) is 5.78 Å². The number of ketones is 1. The first-order valence-electron chi connectivity index (χ1n) is 6.64. The zero-order chi connectivity index (χ0) is 14.3. The van der Waals surface area contributed by atoms with Crippen molar-refractivity contribution < 1.29 is 4.79 Å². The number of allylic oxidation sites excluding steroid dienone is 1. The maximum atomic E-state index is 12.0. The monoisotopic (exact) mass is 294 g/mol. The second-order valence-corrected chi connectivity index (χ2v) is 5.61. The molecule has 3 heteroatoms. The van der Waals surface area contributed by atoms with E-state index in [1.54, 1.807) is 0 Å². The van der Waals surface area contributed by atoms with Crippen LogP contribution in [0.3, 0.4) is 0 Å². The van der Waals surface area contributed by atoms with E-state index in [4.69, 9.17) is 0 Å². The van der Waals surface area contributed by atoms with Crippen molar-refractivity contribution in [1.82, 2.24) is 0 Å². The van der Waals surface area contributed by atoms with E-state index in [1.807, 2.05) is 19.1 Å². The summed E-state index contributed by atoms with van der Waals surface area (Å²) in [4.78, 5) is 12.0. The van der Waals surface area contributed by atoms with Crippen LogP contribution in [0, 0.1) is 6.92 Å². The predicted molar refractivity (Wildman–Crippen MR) is 90.7 cm³/mol. The highest BCUT2D eigenvalue weighted by atomic mass is 32.1. The fraction of sp³-hybridized carbons (Fsp3) is 0.438. The number of rotatable bonds is 8. The molecule has 1 rings (SSSR count). The van der Waals surface area contributed by atoms with Gasteiger partial charge in [0.15, 0.2) is 5.78 Å². The Labute approximate surface area is 127 Å². The van der Waals surface area contributed by atoms with Crippen molar-refractivity contribution >= 4 is 36.6 Å². The maximum absolute atomic E-state index is 12.0. The third-order valence-corrected chi connectivity index (χ3v) is 3.77. The fourth-order valence-corrected chi connectivity index (χ4v) is 2.32. The highest BCUT2D eigenvalue weighted by Crippen LogP contribution is 2.22. The Morgan fingerprint density at radius 3 is 2.37 bits per heavy atom. The molecule has 19 heavy (non-hydrogen) atoms. The molecule has 0 fully saturated rings. The first-order valence-corrected chi connectivity index (χ1v) is 7.90. The number of benzene rings is 1. The summed E-state index contributed by atoms with van der Waals surface area (Å²) in [5, 5.41) is 0. The minimum Gasteiger partial charge on any atom is -0.294 e. The molecule has 0 N–H and O–H groups in total. The molecule has 104 valence electrons. The Morgan fingerprint density at radius 1 is 1.16 bits per heavy atom. The van der Waals surface area contributed by atoms with Gasteiger partial charge in [-0.25, -0.2) is 0 Å². The smallest absolute Gasteiger partial charge is 0.163 e. The molecule has 1 nitrogen and oxygen atoms in total. The molecule has 0 radical (unpaired) electrons. The van der Waals surface area contributed by atoms with Crippen LogP contribution in [-0.2, 0) is 0 Å². The average molecular weight is 294 g/mol. The van der Waals surface area contributed by atoms with E-state index in [0.29, 0.717) is 6.42 Å². The number of thiol groups is 2. The number of carbonyl (C=O) groups excluding carboxylic acids is 1. The van der Waals surface area contributed by atoms with Crippen molar-refractivity contribution in [3.05, 3.63) is 41.5 Å². The lowest BCUT2D eigenvalue weighted by Crippen LogP contribution is -2.02. The zero-order valence-corrected chi connectivity index (χ0v) is 13.3. The molecule has 0 heterocycles. The molecule has 0 aliphatic rings. The third-order valence-electron chi connectivity index (χ3n) is 3.13. The predicted octanol–water partition coefficient (Wildman–Crippen LogP) is 4.61. The molecule has 1 aromatic rings. The molecular weight excluding hydrogens is 272 g/mol. The quantitative estimate of drug-likeness (QED) is 0.529. The summed E-state index contributed by atoms with van der Waals surface area (Å²) in [7, 11) is 0. The minimum absolute atomic E-state index is 0.207. The second kappa shape index (κ2) is 8.49. The van der Waals surface area contributed by atoms with Crippen LogP contribution in [0.2, 0.25) is 0 Å². The van der Waals surface area contributed by atoms with Gasteiger partial charge in [-0.15, -0.1) is 0 Å². The summed E-state index contributed by atoms with van der Waals surface area (Å²) in [6.07, 6.45) is 3.39. The Morgan fingerprint density at radius 2 is 1.79 bits per heavy atom. The lowest BCUT2D eigenvalue weighted by atomic mass is 9.95.